The summed E-state index contributed by atoms with van der Waals surface area (Å²) in [4.78, 5) is 13.7. The maximum atomic E-state index is 14.1. The van der Waals surface area contributed by atoms with Gasteiger partial charge in [-0.3, -0.25) is 0 Å². The number of rotatable bonds is 2. The van der Waals surface area contributed by atoms with Crippen molar-refractivity contribution in [3.63, 3.8) is 0 Å². The predicted molar refractivity (Wildman–Crippen MR) is 82.1 cm³/mol. The van der Waals surface area contributed by atoms with Crippen LogP contribution in [0.2, 0.25) is 0 Å². The summed E-state index contributed by atoms with van der Waals surface area (Å²) in [5, 5.41) is 0. The van der Waals surface area contributed by atoms with Gasteiger partial charge in [0, 0.05) is 19.2 Å². The SMILES string of the molecule is CN(C(=O)OC(C)(C)C)C1CCCOC1c1cc(F)ccc1F. The van der Waals surface area contributed by atoms with Gasteiger partial charge in [0.2, 0.25) is 0 Å². The summed E-state index contributed by atoms with van der Waals surface area (Å²) >= 11 is 0. The minimum absolute atomic E-state index is 0.130. The summed E-state index contributed by atoms with van der Waals surface area (Å²) in [7, 11) is 1.59. The van der Waals surface area contributed by atoms with Gasteiger partial charge in [0.15, 0.2) is 0 Å². The van der Waals surface area contributed by atoms with Crippen molar-refractivity contribution in [3.05, 3.63) is 35.4 Å². The van der Waals surface area contributed by atoms with Crippen LogP contribution in [0.15, 0.2) is 18.2 Å². The molecule has 0 aromatic heterocycles. The fourth-order valence-electron chi connectivity index (χ4n) is 2.66. The van der Waals surface area contributed by atoms with Crippen LogP contribution in [0.4, 0.5) is 13.6 Å². The molecule has 1 aliphatic heterocycles. The molecule has 0 aliphatic carbocycles. The van der Waals surface area contributed by atoms with Crippen LogP contribution in [-0.4, -0.2) is 36.3 Å². The lowest BCUT2D eigenvalue weighted by Crippen LogP contribution is -2.46. The molecule has 1 aromatic rings. The van der Waals surface area contributed by atoms with Crippen molar-refractivity contribution < 1.29 is 23.0 Å². The van der Waals surface area contributed by atoms with E-state index in [-0.39, 0.29) is 5.56 Å². The third kappa shape index (κ3) is 4.41. The van der Waals surface area contributed by atoms with Crippen LogP contribution in [0.25, 0.3) is 0 Å². The van der Waals surface area contributed by atoms with E-state index < -0.39 is 35.5 Å². The number of amides is 1. The van der Waals surface area contributed by atoms with Crippen molar-refractivity contribution >= 4 is 6.09 Å². The van der Waals surface area contributed by atoms with Gasteiger partial charge in [-0.2, -0.15) is 0 Å². The number of hydrogen-bond donors (Lipinski definition) is 0. The summed E-state index contributed by atoms with van der Waals surface area (Å²) in [5.41, 5.74) is -0.495. The molecule has 0 N–H and O–H groups in total. The Bertz CT molecular complexity index is 571. The van der Waals surface area contributed by atoms with Crippen LogP contribution in [-0.2, 0) is 9.47 Å². The summed E-state index contributed by atoms with van der Waals surface area (Å²) in [6, 6.07) is 2.86. The first-order chi connectivity index (χ1) is 10.7. The molecule has 6 heteroatoms. The molecule has 0 radical (unpaired) electrons. The van der Waals surface area contributed by atoms with E-state index in [0.717, 1.165) is 24.6 Å². The predicted octanol–water partition coefficient (Wildman–Crippen LogP) is 4.05. The minimum atomic E-state index is -0.711. The van der Waals surface area contributed by atoms with Gasteiger partial charge >= 0.3 is 6.09 Å². The second-order valence-corrected chi connectivity index (χ2v) is 6.76. The Morgan fingerprint density at radius 3 is 2.70 bits per heavy atom. The lowest BCUT2D eigenvalue weighted by Gasteiger charge is -2.38. The highest BCUT2D eigenvalue weighted by Crippen LogP contribution is 2.34. The van der Waals surface area contributed by atoms with Gasteiger partial charge in [0.05, 0.1) is 6.04 Å². The topological polar surface area (TPSA) is 38.8 Å². The number of halogens is 2. The number of carbonyl (C=O) groups is 1. The first-order valence-electron chi connectivity index (χ1n) is 7.71. The third-order valence-corrected chi connectivity index (χ3v) is 3.73. The first kappa shape index (κ1) is 17.7. The summed E-state index contributed by atoms with van der Waals surface area (Å²) in [5.74, 6) is -1.07. The van der Waals surface area contributed by atoms with Crippen molar-refractivity contribution in [2.75, 3.05) is 13.7 Å². The number of nitrogens with zero attached hydrogens (tertiary/aromatic N) is 1. The smallest absolute Gasteiger partial charge is 0.410 e. The van der Waals surface area contributed by atoms with Gasteiger partial charge in [-0.1, -0.05) is 0 Å². The molecule has 128 valence electrons. The first-order valence-corrected chi connectivity index (χ1v) is 7.71. The highest BCUT2D eigenvalue weighted by molar-refractivity contribution is 5.68. The quantitative estimate of drug-likeness (QED) is 0.822. The van der Waals surface area contributed by atoms with E-state index in [0.29, 0.717) is 13.0 Å². The zero-order valence-corrected chi connectivity index (χ0v) is 13.9. The molecule has 0 bridgehead atoms. The van der Waals surface area contributed by atoms with Crippen LogP contribution in [0.5, 0.6) is 0 Å². The number of ether oxygens (including phenoxy) is 2. The third-order valence-electron chi connectivity index (χ3n) is 3.73. The number of carbonyl (C=O) groups excluding carboxylic acids is 1. The second-order valence-electron chi connectivity index (χ2n) is 6.76. The van der Waals surface area contributed by atoms with Gasteiger partial charge in [-0.05, 0) is 51.8 Å². The fraction of sp³-hybridized carbons (Fsp3) is 0.588. The maximum Gasteiger partial charge on any atom is 0.410 e. The standard InChI is InChI=1S/C17H23F2NO3/c1-17(2,3)23-16(21)20(4)14-6-5-9-22-15(14)12-10-11(18)7-8-13(12)19/h7-8,10,14-15H,5-6,9H2,1-4H3. The lowest BCUT2D eigenvalue weighted by molar-refractivity contribution is -0.0548. The van der Waals surface area contributed by atoms with E-state index in [1.165, 1.54) is 4.90 Å². The van der Waals surface area contributed by atoms with E-state index in [1.807, 2.05) is 0 Å². The minimum Gasteiger partial charge on any atom is -0.444 e. The summed E-state index contributed by atoms with van der Waals surface area (Å²) < 4.78 is 38.6. The maximum absolute atomic E-state index is 14.1. The highest BCUT2D eigenvalue weighted by atomic mass is 19.1. The molecule has 1 aromatic carbocycles. The molecule has 23 heavy (non-hydrogen) atoms. The fourth-order valence-corrected chi connectivity index (χ4v) is 2.66. The second kappa shape index (κ2) is 6.83. The van der Waals surface area contributed by atoms with E-state index in [9.17, 15) is 13.6 Å². The Balaban J connectivity index is 2.24. The molecule has 1 saturated heterocycles. The zero-order valence-electron chi connectivity index (χ0n) is 13.9. The Morgan fingerprint density at radius 2 is 2.04 bits per heavy atom. The van der Waals surface area contributed by atoms with Gasteiger partial charge in [0.25, 0.3) is 0 Å². The molecule has 1 amide bonds. The van der Waals surface area contributed by atoms with Crippen molar-refractivity contribution in [1.82, 2.24) is 4.90 Å². The van der Waals surface area contributed by atoms with Crippen molar-refractivity contribution in [2.45, 2.75) is 51.4 Å². The van der Waals surface area contributed by atoms with E-state index in [4.69, 9.17) is 9.47 Å². The van der Waals surface area contributed by atoms with Gasteiger partial charge < -0.3 is 14.4 Å². The van der Waals surface area contributed by atoms with Crippen LogP contribution >= 0.6 is 0 Å². The molecule has 1 aliphatic rings. The number of benzene rings is 1. The van der Waals surface area contributed by atoms with E-state index in [2.05, 4.69) is 0 Å². The van der Waals surface area contributed by atoms with Crippen LogP contribution < -0.4 is 0 Å². The zero-order chi connectivity index (χ0) is 17.2. The van der Waals surface area contributed by atoms with Crippen molar-refractivity contribution in [3.8, 4) is 0 Å². The molecule has 1 fully saturated rings. The summed E-state index contributed by atoms with van der Waals surface area (Å²) in [6.45, 7) is 5.78. The van der Waals surface area contributed by atoms with Crippen LogP contribution in [0.1, 0.15) is 45.3 Å². The Kier molecular flexibility index (Phi) is 5.24. The van der Waals surface area contributed by atoms with E-state index >= 15 is 0 Å². The lowest BCUT2D eigenvalue weighted by atomic mass is 9.94. The average Bonchev–Trinajstić information content (AvgIpc) is 2.47. The molecular weight excluding hydrogens is 304 g/mol. The number of hydrogen-bond acceptors (Lipinski definition) is 3. The largest absolute Gasteiger partial charge is 0.444 e. The van der Waals surface area contributed by atoms with Gasteiger partial charge in [-0.15, -0.1) is 0 Å². The molecule has 2 unspecified atom stereocenters. The van der Waals surface area contributed by atoms with Crippen molar-refractivity contribution in [2.24, 2.45) is 0 Å². The Labute approximate surface area is 135 Å². The molecule has 4 nitrogen and oxygen atoms in total. The average molecular weight is 327 g/mol. The van der Waals surface area contributed by atoms with Crippen molar-refractivity contribution in [1.29, 1.82) is 0 Å². The Morgan fingerprint density at radius 1 is 1.35 bits per heavy atom. The van der Waals surface area contributed by atoms with Gasteiger partial charge in [0.1, 0.15) is 23.3 Å². The summed E-state index contributed by atoms with van der Waals surface area (Å²) in [6.07, 6.45) is 0.161. The van der Waals surface area contributed by atoms with Crippen LogP contribution in [0.3, 0.4) is 0 Å². The molecule has 1 heterocycles. The molecule has 2 rings (SSSR count). The van der Waals surface area contributed by atoms with E-state index in [1.54, 1.807) is 27.8 Å². The molecule has 0 spiro atoms. The van der Waals surface area contributed by atoms with Gasteiger partial charge in [-0.25, -0.2) is 13.6 Å². The molecule has 2 atom stereocenters. The van der Waals surface area contributed by atoms with Crippen LogP contribution in [0, 0.1) is 11.6 Å². The highest BCUT2D eigenvalue weighted by Gasteiger charge is 2.36. The molecule has 0 saturated carbocycles. The Hall–Kier alpha value is -1.69. The normalized spacial score (nSPS) is 21.8. The molecular formula is C17H23F2NO3. The monoisotopic (exact) mass is 327 g/mol. The number of likely N-dealkylation sites (N-methyl/N-ethyl adjacent to an activating group) is 1.